The highest BCUT2D eigenvalue weighted by Crippen LogP contribution is 1.94. The highest BCUT2D eigenvalue weighted by Gasteiger charge is 2.12. The first-order valence-corrected chi connectivity index (χ1v) is 7.27. The van der Waals surface area contributed by atoms with Crippen molar-refractivity contribution < 1.29 is 14.1 Å². The van der Waals surface area contributed by atoms with Crippen LogP contribution in [-0.2, 0) is 4.74 Å². The number of hydrogen-bond donors (Lipinski definition) is 3. The molecule has 0 aromatic carbocycles. The summed E-state index contributed by atoms with van der Waals surface area (Å²) < 4.78 is 10.4. The minimum absolute atomic E-state index is 0.532. The van der Waals surface area contributed by atoms with E-state index in [0.717, 1.165) is 45.8 Å². The lowest BCUT2D eigenvalue weighted by Gasteiger charge is -2.23. The van der Waals surface area contributed by atoms with Gasteiger partial charge in [-0.15, -0.1) is 0 Å². The lowest BCUT2D eigenvalue weighted by Crippen LogP contribution is -3.14. The quantitative estimate of drug-likeness (QED) is 0.283. The van der Waals surface area contributed by atoms with Crippen LogP contribution in [-0.4, -0.2) is 50.7 Å². The topological polar surface area (TPSA) is 63.2 Å². The monoisotopic (exact) mass is 297 g/mol. The summed E-state index contributed by atoms with van der Waals surface area (Å²) >= 11 is 5.13. The van der Waals surface area contributed by atoms with Gasteiger partial charge in [-0.3, -0.25) is 5.43 Å². The molecule has 0 radical (unpaired) electrons. The van der Waals surface area contributed by atoms with E-state index >= 15 is 0 Å². The molecule has 0 aliphatic carbocycles. The molecule has 0 bridgehead atoms. The Morgan fingerprint density at radius 2 is 2.30 bits per heavy atom. The Hall–Kier alpha value is -1.44. The van der Waals surface area contributed by atoms with E-state index in [2.05, 4.69) is 15.8 Å². The van der Waals surface area contributed by atoms with E-state index in [1.54, 1.807) is 17.4 Å². The molecule has 6 nitrogen and oxygen atoms in total. The predicted octanol–water partition coefficient (Wildman–Crippen LogP) is -0.617. The van der Waals surface area contributed by atoms with E-state index < -0.39 is 0 Å². The summed E-state index contributed by atoms with van der Waals surface area (Å²) in [7, 11) is 0. The SMILES string of the molecule is S=C(NCCC[NH+]1CCOCC1)N/N=C\c1ccco1. The average molecular weight is 297 g/mol. The zero-order valence-corrected chi connectivity index (χ0v) is 12.2. The molecule has 0 spiro atoms. The molecule has 20 heavy (non-hydrogen) atoms. The van der Waals surface area contributed by atoms with Crippen molar-refractivity contribution >= 4 is 23.5 Å². The molecule has 1 aromatic rings. The van der Waals surface area contributed by atoms with Crippen LogP contribution in [0.4, 0.5) is 0 Å². The second kappa shape index (κ2) is 8.68. The maximum absolute atomic E-state index is 5.33. The number of nitrogens with one attached hydrogen (secondary N) is 3. The first-order chi connectivity index (χ1) is 9.84. The third-order valence-electron chi connectivity index (χ3n) is 3.09. The van der Waals surface area contributed by atoms with Crippen molar-refractivity contribution in [2.24, 2.45) is 5.10 Å². The van der Waals surface area contributed by atoms with E-state index in [4.69, 9.17) is 21.4 Å². The molecule has 1 fully saturated rings. The summed E-state index contributed by atoms with van der Waals surface area (Å²) in [5, 5.41) is 7.65. The predicted molar refractivity (Wildman–Crippen MR) is 81.0 cm³/mol. The molecule has 3 N–H and O–H groups in total. The fourth-order valence-corrected chi connectivity index (χ4v) is 2.16. The number of morpholine rings is 1. The van der Waals surface area contributed by atoms with E-state index in [9.17, 15) is 0 Å². The molecule has 1 saturated heterocycles. The van der Waals surface area contributed by atoms with Crippen LogP contribution < -0.4 is 15.6 Å². The summed E-state index contributed by atoms with van der Waals surface area (Å²) in [5.74, 6) is 0.691. The number of hydrogen-bond acceptors (Lipinski definition) is 4. The van der Waals surface area contributed by atoms with E-state index in [-0.39, 0.29) is 0 Å². The van der Waals surface area contributed by atoms with Gasteiger partial charge in [0.15, 0.2) is 5.11 Å². The fraction of sp³-hybridized carbons (Fsp3) is 0.538. The zero-order valence-electron chi connectivity index (χ0n) is 11.4. The van der Waals surface area contributed by atoms with Crippen LogP contribution in [0.1, 0.15) is 12.2 Å². The molecule has 0 amide bonds. The third-order valence-corrected chi connectivity index (χ3v) is 3.33. The van der Waals surface area contributed by atoms with Crippen LogP contribution in [0, 0.1) is 0 Å². The minimum atomic E-state index is 0.532. The van der Waals surface area contributed by atoms with Crippen LogP contribution in [0.2, 0.25) is 0 Å². The van der Waals surface area contributed by atoms with Gasteiger partial charge in [0.05, 0.1) is 32.2 Å². The standard InChI is InChI=1S/C13H20N4O2S/c20-13(16-15-11-12-3-1-8-19-12)14-4-2-5-17-6-9-18-10-7-17/h1,3,8,11H,2,4-7,9-10H2,(H2,14,16,20)/p+1/b15-11-. The Labute approximate surface area is 124 Å². The molecule has 1 aliphatic rings. The van der Waals surface area contributed by atoms with Crippen LogP contribution >= 0.6 is 12.2 Å². The van der Waals surface area contributed by atoms with Gasteiger partial charge >= 0.3 is 0 Å². The smallest absolute Gasteiger partial charge is 0.186 e. The van der Waals surface area contributed by atoms with Crippen molar-refractivity contribution in [3.8, 4) is 0 Å². The van der Waals surface area contributed by atoms with E-state index in [0.29, 0.717) is 10.9 Å². The molecule has 0 saturated carbocycles. The largest absolute Gasteiger partial charge is 0.463 e. The average Bonchev–Trinajstić information content (AvgIpc) is 2.98. The van der Waals surface area contributed by atoms with Gasteiger partial charge in [-0.2, -0.15) is 5.10 Å². The van der Waals surface area contributed by atoms with Gasteiger partial charge in [0, 0.05) is 13.0 Å². The molecule has 2 heterocycles. The first kappa shape index (κ1) is 15.0. The molecule has 7 heteroatoms. The first-order valence-electron chi connectivity index (χ1n) is 6.86. The summed E-state index contributed by atoms with van der Waals surface area (Å²) in [5.41, 5.74) is 2.76. The van der Waals surface area contributed by atoms with Gasteiger partial charge in [0.2, 0.25) is 0 Å². The normalized spacial score (nSPS) is 16.4. The molecule has 1 aliphatic heterocycles. The Morgan fingerprint density at radius 1 is 1.45 bits per heavy atom. The van der Waals surface area contributed by atoms with Crippen molar-refractivity contribution in [1.29, 1.82) is 0 Å². The summed E-state index contributed by atoms with van der Waals surface area (Å²) in [6, 6.07) is 3.64. The number of rotatable bonds is 6. The highest BCUT2D eigenvalue weighted by atomic mass is 32.1. The molecule has 1 aromatic heterocycles. The Balaban J connectivity index is 1.51. The van der Waals surface area contributed by atoms with Gasteiger partial charge < -0.3 is 19.4 Å². The molecular weight excluding hydrogens is 276 g/mol. The Morgan fingerprint density at radius 3 is 3.05 bits per heavy atom. The second-order valence-corrected chi connectivity index (χ2v) is 5.02. The lowest BCUT2D eigenvalue weighted by atomic mass is 10.3. The van der Waals surface area contributed by atoms with Crippen LogP contribution in [0.5, 0.6) is 0 Å². The summed E-state index contributed by atoms with van der Waals surface area (Å²) in [4.78, 5) is 1.60. The molecular formula is C13H21N4O2S+. The van der Waals surface area contributed by atoms with Crippen molar-refractivity contribution in [2.75, 3.05) is 39.4 Å². The Bertz CT molecular complexity index is 416. The molecule has 2 rings (SSSR count). The van der Waals surface area contributed by atoms with Crippen molar-refractivity contribution in [3.63, 3.8) is 0 Å². The van der Waals surface area contributed by atoms with Crippen molar-refractivity contribution in [2.45, 2.75) is 6.42 Å². The van der Waals surface area contributed by atoms with Gasteiger partial charge in [-0.05, 0) is 24.4 Å². The van der Waals surface area contributed by atoms with Gasteiger partial charge in [0.1, 0.15) is 18.8 Å². The van der Waals surface area contributed by atoms with Gasteiger partial charge in [-0.25, -0.2) is 0 Å². The zero-order chi connectivity index (χ0) is 14.0. The van der Waals surface area contributed by atoms with Crippen LogP contribution in [0.15, 0.2) is 27.9 Å². The summed E-state index contributed by atoms with van der Waals surface area (Å²) in [6.45, 7) is 5.97. The second-order valence-electron chi connectivity index (χ2n) is 4.61. The van der Waals surface area contributed by atoms with Gasteiger partial charge in [-0.1, -0.05) is 0 Å². The van der Waals surface area contributed by atoms with E-state index in [1.165, 1.54) is 0 Å². The number of nitrogens with zero attached hydrogens (tertiary/aromatic N) is 1. The highest BCUT2D eigenvalue weighted by molar-refractivity contribution is 7.80. The third kappa shape index (κ3) is 5.68. The number of furan rings is 1. The molecule has 0 atom stereocenters. The maximum Gasteiger partial charge on any atom is 0.186 e. The number of ether oxygens (including phenoxy) is 1. The maximum atomic E-state index is 5.33. The summed E-state index contributed by atoms with van der Waals surface area (Å²) in [6.07, 6.45) is 4.27. The lowest BCUT2D eigenvalue weighted by molar-refractivity contribution is -0.908. The van der Waals surface area contributed by atoms with Crippen molar-refractivity contribution in [1.82, 2.24) is 10.7 Å². The van der Waals surface area contributed by atoms with E-state index in [1.807, 2.05) is 12.1 Å². The Kier molecular flexibility index (Phi) is 6.49. The number of hydrazone groups is 1. The van der Waals surface area contributed by atoms with Crippen LogP contribution in [0.25, 0.3) is 0 Å². The van der Waals surface area contributed by atoms with Gasteiger partial charge in [0.25, 0.3) is 0 Å². The fourth-order valence-electron chi connectivity index (χ4n) is 2.01. The molecule has 110 valence electrons. The minimum Gasteiger partial charge on any atom is -0.463 e. The van der Waals surface area contributed by atoms with Crippen LogP contribution in [0.3, 0.4) is 0 Å². The van der Waals surface area contributed by atoms with Crippen molar-refractivity contribution in [3.05, 3.63) is 24.2 Å². The number of quaternary nitrogens is 1. The molecule has 0 unspecified atom stereocenters. The number of thiocarbonyl (C=S) groups is 1.